The van der Waals surface area contributed by atoms with Crippen molar-refractivity contribution < 1.29 is 14.3 Å². The summed E-state index contributed by atoms with van der Waals surface area (Å²) in [5.74, 6) is -0.0610. The second kappa shape index (κ2) is 11.8. The highest BCUT2D eigenvalue weighted by atomic mass is 32.1. The topological polar surface area (TPSA) is 78.0 Å². The van der Waals surface area contributed by atoms with Crippen molar-refractivity contribution in [2.45, 2.75) is 13.5 Å². The van der Waals surface area contributed by atoms with Gasteiger partial charge in [0.2, 0.25) is 0 Å². The number of thiazole rings is 1. The van der Waals surface area contributed by atoms with Gasteiger partial charge in [-0.1, -0.05) is 36.4 Å². The van der Waals surface area contributed by atoms with E-state index in [4.69, 9.17) is 4.74 Å². The SMILES string of the molecule is COCCN(Cc1nc(C(=O)N2CCN(c3ccccc3C)CC2)cs1)C(=O)Nc1ccccc1. The van der Waals surface area contributed by atoms with E-state index in [1.165, 1.54) is 22.6 Å². The van der Waals surface area contributed by atoms with Crippen LogP contribution in [-0.4, -0.2) is 73.2 Å². The predicted octanol–water partition coefficient (Wildman–Crippen LogP) is 4.09. The van der Waals surface area contributed by atoms with E-state index in [-0.39, 0.29) is 11.9 Å². The second-order valence-electron chi connectivity index (χ2n) is 8.40. The number of aromatic nitrogens is 1. The summed E-state index contributed by atoms with van der Waals surface area (Å²) in [6.07, 6.45) is 0. The monoisotopic (exact) mass is 493 g/mol. The highest BCUT2D eigenvalue weighted by molar-refractivity contribution is 7.09. The van der Waals surface area contributed by atoms with Gasteiger partial charge in [-0.25, -0.2) is 9.78 Å². The van der Waals surface area contributed by atoms with E-state index >= 15 is 0 Å². The molecule has 0 radical (unpaired) electrons. The summed E-state index contributed by atoms with van der Waals surface area (Å²) in [5.41, 5.74) is 3.62. The molecule has 0 aliphatic carbocycles. The maximum atomic E-state index is 13.1. The number of methoxy groups -OCH3 is 1. The number of anilines is 2. The van der Waals surface area contributed by atoms with E-state index in [9.17, 15) is 9.59 Å². The molecule has 1 aromatic heterocycles. The lowest BCUT2D eigenvalue weighted by Crippen LogP contribution is -2.49. The number of hydrogen-bond acceptors (Lipinski definition) is 6. The maximum Gasteiger partial charge on any atom is 0.322 e. The standard InChI is InChI=1S/C26H31N5O3S/c1-20-8-6-7-11-23(20)29-12-14-30(15-13-29)25(32)22-19-35-24(28-22)18-31(16-17-34-2)26(33)27-21-9-4-3-5-10-21/h3-11,19H,12-18H2,1-2H3,(H,27,33). The molecular formula is C26H31N5O3S. The Bertz CT molecular complexity index is 1130. The van der Waals surface area contributed by atoms with Gasteiger partial charge in [0.25, 0.3) is 5.91 Å². The largest absolute Gasteiger partial charge is 0.383 e. The third kappa shape index (κ3) is 6.37. The fourth-order valence-corrected chi connectivity index (χ4v) is 4.84. The molecule has 0 saturated carbocycles. The number of hydrogen-bond donors (Lipinski definition) is 1. The number of aryl methyl sites for hydroxylation is 1. The first-order valence-corrected chi connectivity index (χ1v) is 12.6. The van der Waals surface area contributed by atoms with Crippen molar-refractivity contribution in [3.8, 4) is 0 Å². The van der Waals surface area contributed by atoms with Crippen molar-refractivity contribution in [1.29, 1.82) is 0 Å². The molecule has 35 heavy (non-hydrogen) atoms. The molecule has 0 atom stereocenters. The predicted molar refractivity (Wildman–Crippen MR) is 139 cm³/mol. The van der Waals surface area contributed by atoms with Gasteiger partial charge in [-0.05, 0) is 30.7 Å². The van der Waals surface area contributed by atoms with Crippen LogP contribution in [0.25, 0.3) is 0 Å². The van der Waals surface area contributed by atoms with Gasteiger partial charge in [0.05, 0.1) is 13.2 Å². The van der Waals surface area contributed by atoms with E-state index in [1.807, 2.05) is 47.4 Å². The van der Waals surface area contributed by atoms with Crippen molar-refractivity contribution in [3.63, 3.8) is 0 Å². The molecule has 1 saturated heterocycles. The normalized spacial score (nSPS) is 13.5. The van der Waals surface area contributed by atoms with Gasteiger partial charge in [0, 0.05) is 56.6 Å². The van der Waals surface area contributed by atoms with Gasteiger partial charge in [0.15, 0.2) is 0 Å². The quantitative estimate of drug-likeness (QED) is 0.511. The average molecular weight is 494 g/mol. The van der Waals surface area contributed by atoms with Gasteiger partial charge >= 0.3 is 6.03 Å². The fourth-order valence-electron chi connectivity index (χ4n) is 4.05. The summed E-state index contributed by atoms with van der Waals surface area (Å²) >= 11 is 1.40. The van der Waals surface area contributed by atoms with Crippen LogP contribution in [0.5, 0.6) is 0 Å². The summed E-state index contributed by atoms with van der Waals surface area (Å²) in [4.78, 5) is 36.3. The fraction of sp³-hybridized carbons (Fsp3) is 0.346. The number of nitrogens with zero attached hydrogens (tertiary/aromatic N) is 4. The Kier molecular flexibility index (Phi) is 8.33. The number of carbonyl (C=O) groups excluding carboxylic acids is 2. The van der Waals surface area contributed by atoms with Crippen LogP contribution in [0.2, 0.25) is 0 Å². The average Bonchev–Trinajstić information content (AvgIpc) is 3.36. The van der Waals surface area contributed by atoms with Gasteiger partial charge in [0.1, 0.15) is 10.7 Å². The molecule has 2 aromatic carbocycles. The number of carbonyl (C=O) groups is 2. The Hall–Kier alpha value is -3.43. The summed E-state index contributed by atoms with van der Waals surface area (Å²) < 4.78 is 5.18. The number of amides is 3. The molecule has 0 unspecified atom stereocenters. The van der Waals surface area contributed by atoms with Crippen molar-refractivity contribution in [2.24, 2.45) is 0 Å². The highest BCUT2D eigenvalue weighted by Crippen LogP contribution is 2.22. The van der Waals surface area contributed by atoms with E-state index in [2.05, 4.69) is 34.3 Å². The molecular weight excluding hydrogens is 462 g/mol. The number of rotatable bonds is 8. The highest BCUT2D eigenvalue weighted by Gasteiger charge is 2.25. The first-order chi connectivity index (χ1) is 17.0. The number of piperazine rings is 1. The van der Waals surface area contributed by atoms with Crippen LogP contribution in [0.15, 0.2) is 60.0 Å². The lowest BCUT2D eigenvalue weighted by atomic mass is 10.1. The molecule has 3 aromatic rings. The molecule has 1 fully saturated rings. The Labute approximate surface area is 210 Å². The second-order valence-corrected chi connectivity index (χ2v) is 9.35. The number of urea groups is 1. The Morgan fingerprint density at radius 2 is 1.77 bits per heavy atom. The summed E-state index contributed by atoms with van der Waals surface area (Å²) in [6.45, 7) is 6.12. The lowest BCUT2D eigenvalue weighted by Gasteiger charge is -2.36. The van der Waals surface area contributed by atoms with Crippen LogP contribution < -0.4 is 10.2 Å². The van der Waals surface area contributed by atoms with Gasteiger partial charge in [-0.2, -0.15) is 0 Å². The minimum absolute atomic E-state index is 0.0610. The van der Waals surface area contributed by atoms with Crippen molar-refractivity contribution >= 4 is 34.6 Å². The van der Waals surface area contributed by atoms with Gasteiger partial charge in [-0.15, -0.1) is 11.3 Å². The maximum absolute atomic E-state index is 13.1. The molecule has 2 heterocycles. The van der Waals surface area contributed by atoms with E-state index in [0.717, 1.165) is 18.8 Å². The first kappa shape index (κ1) is 24.7. The van der Waals surface area contributed by atoms with Crippen molar-refractivity contribution in [3.05, 3.63) is 76.2 Å². The molecule has 184 valence electrons. The molecule has 1 N–H and O–H groups in total. The van der Waals surface area contributed by atoms with Crippen molar-refractivity contribution in [2.75, 3.05) is 56.7 Å². The van der Waals surface area contributed by atoms with Gasteiger partial charge in [-0.3, -0.25) is 4.79 Å². The smallest absolute Gasteiger partial charge is 0.322 e. The molecule has 0 bridgehead atoms. The molecule has 9 heteroatoms. The lowest BCUT2D eigenvalue weighted by molar-refractivity contribution is 0.0741. The van der Waals surface area contributed by atoms with Crippen LogP contribution in [0.1, 0.15) is 21.1 Å². The van der Waals surface area contributed by atoms with E-state index < -0.39 is 0 Å². The van der Waals surface area contributed by atoms with Crippen LogP contribution in [-0.2, 0) is 11.3 Å². The first-order valence-electron chi connectivity index (χ1n) is 11.7. The number of benzene rings is 2. The zero-order valence-corrected chi connectivity index (χ0v) is 21.0. The molecule has 3 amide bonds. The summed E-state index contributed by atoms with van der Waals surface area (Å²) in [5, 5.41) is 5.40. The van der Waals surface area contributed by atoms with Crippen LogP contribution in [0, 0.1) is 6.92 Å². The Morgan fingerprint density at radius 1 is 1.06 bits per heavy atom. The zero-order chi connectivity index (χ0) is 24.6. The Balaban J connectivity index is 1.36. The van der Waals surface area contributed by atoms with Crippen LogP contribution >= 0.6 is 11.3 Å². The van der Waals surface area contributed by atoms with Crippen LogP contribution in [0.4, 0.5) is 16.2 Å². The Morgan fingerprint density at radius 3 is 2.49 bits per heavy atom. The molecule has 8 nitrogen and oxygen atoms in total. The number of para-hydroxylation sites is 2. The van der Waals surface area contributed by atoms with E-state index in [0.29, 0.717) is 43.5 Å². The molecule has 1 aliphatic rings. The molecule has 1 aliphatic heterocycles. The minimum Gasteiger partial charge on any atom is -0.383 e. The minimum atomic E-state index is -0.233. The third-order valence-corrected chi connectivity index (χ3v) is 6.83. The van der Waals surface area contributed by atoms with E-state index in [1.54, 1.807) is 17.4 Å². The van der Waals surface area contributed by atoms with Crippen molar-refractivity contribution in [1.82, 2.24) is 14.8 Å². The zero-order valence-electron chi connectivity index (χ0n) is 20.1. The van der Waals surface area contributed by atoms with Gasteiger partial charge < -0.3 is 24.8 Å². The molecule has 0 spiro atoms. The summed E-state index contributed by atoms with van der Waals surface area (Å²) in [7, 11) is 1.60. The number of nitrogens with one attached hydrogen (secondary N) is 1. The molecule has 4 rings (SSSR count). The summed E-state index contributed by atoms with van der Waals surface area (Å²) in [6, 6.07) is 17.4. The number of ether oxygens (including phenoxy) is 1. The van der Waals surface area contributed by atoms with Crippen LogP contribution in [0.3, 0.4) is 0 Å². The third-order valence-electron chi connectivity index (χ3n) is 6.00.